The fourth-order valence-electron chi connectivity index (χ4n) is 2.61. The molecule has 0 radical (unpaired) electrons. The van der Waals surface area contributed by atoms with Crippen molar-refractivity contribution in [3.05, 3.63) is 58.6 Å². The van der Waals surface area contributed by atoms with Crippen LogP contribution in [-0.4, -0.2) is 50.5 Å². The summed E-state index contributed by atoms with van der Waals surface area (Å²) in [7, 11) is 0. The first-order chi connectivity index (χ1) is 12.0. The highest BCUT2D eigenvalue weighted by molar-refractivity contribution is 6.03. The number of aliphatic hydroxyl groups is 2. The van der Waals surface area contributed by atoms with Gasteiger partial charge in [0.15, 0.2) is 6.23 Å². The van der Waals surface area contributed by atoms with E-state index in [4.69, 9.17) is 10.5 Å². The maximum absolute atomic E-state index is 12.2. The van der Waals surface area contributed by atoms with Crippen molar-refractivity contribution in [2.45, 2.75) is 24.5 Å². The van der Waals surface area contributed by atoms with Crippen LogP contribution in [0.5, 0.6) is 0 Å². The Labute approximate surface area is 142 Å². The third-order valence-corrected chi connectivity index (χ3v) is 3.95. The van der Waals surface area contributed by atoms with Gasteiger partial charge in [0.25, 0.3) is 5.91 Å². The van der Waals surface area contributed by atoms with Gasteiger partial charge in [0.2, 0.25) is 0 Å². The average Bonchev–Trinajstić information content (AvgIpc) is 2.91. The van der Waals surface area contributed by atoms with Crippen molar-refractivity contribution in [2.24, 2.45) is 5.73 Å². The standard InChI is InChI=1S/C16H18N4O5/c17-8-10-12(21)13(22)15(25-10)20-7-6-11(19-16(20)24)18-14(23)9-4-2-1-3-5-9/h1-7,10,12-13,15,21-22H,8,17H2,(H,18,19,23,24)/t10-,12-,13-,15-/m1/s1. The lowest BCUT2D eigenvalue weighted by molar-refractivity contribution is -0.0371. The molecule has 1 saturated heterocycles. The van der Waals surface area contributed by atoms with Crippen molar-refractivity contribution < 1.29 is 19.7 Å². The second kappa shape index (κ2) is 7.11. The molecule has 1 aliphatic rings. The second-order valence-electron chi connectivity index (χ2n) is 5.60. The third-order valence-electron chi connectivity index (χ3n) is 3.95. The van der Waals surface area contributed by atoms with E-state index in [2.05, 4.69) is 10.3 Å². The van der Waals surface area contributed by atoms with Crippen molar-refractivity contribution in [1.29, 1.82) is 0 Å². The number of nitrogens with one attached hydrogen (secondary N) is 1. The molecule has 0 bridgehead atoms. The molecule has 1 aliphatic heterocycles. The molecule has 0 aliphatic carbocycles. The van der Waals surface area contributed by atoms with Gasteiger partial charge in [0, 0.05) is 18.3 Å². The van der Waals surface area contributed by atoms with Gasteiger partial charge in [-0.2, -0.15) is 4.98 Å². The highest BCUT2D eigenvalue weighted by Crippen LogP contribution is 2.27. The minimum Gasteiger partial charge on any atom is -0.387 e. The van der Waals surface area contributed by atoms with Gasteiger partial charge in [0.05, 0.1) is 0 Å². The van der Waals surface area contributed by atoms with Crippen LogP contribution in [-0.2, 0) is 4.74 Å². The van der Waals surface area contributed by atoms with Gasteiger partial charge < -0.3 is 26.0 Å². The van der Waals surface area contributed by atoms with Gasteiger partial charge in [-0.3, -0.25) is 9.36 Å². The molecule has 2 aromatic rings. The topological polar surface area (TPSA) is 140 Å². The summed E-state index contributed by atoms with van der Waals surface area (Å²) >= 11 is 0. The lowest BCUT2D eigenvalue weighted by atomic mass is 10.1. The molecule has 25 heavy (non-hydrogen) atoms. The number of carbonyl (C=O) groups is 1. The first kappa shape index (κ1) is 17.2. The van der Waals surface area contributed by atoms with E-state index >= 15 is 0 Å². The van der Waals surface area contributed by atoms with Crippen molar-refractivity contribution in [3.63, 3.8) is 0 Å². The first-order valence-corrected chi connectivity index (χ1v) is 7.68. The molecule has 1 amide bonds. The average molecular weight is 346 g/mol. The zero-order chi connectivity index (χ0) is 18.0. The van der Waals surface area contributed by atoms with E-state index in [1.165, 1.54) is 12.3 Å². The molecule has 1 fully saturated rings. The highest BCUT2D eigenvalue weighted by atomic mass is 16.6. The molecule has 0 unspecified atom stereocenters. The number of ether oxygens (including phenoxy) is 1. The fraction of sp³-hybridized carbons (Fsp3) is 0.312. The van der Waals surface area contributed by atoms with E-state index in [9.17, 15) is 19.8 Å². The number of amides is 1. The maximum Gasteiger partial charge on any atom is 0.351 e. The van der Waals surface area contributed by atoms with Crippen LogP contribution in [0, 0.1) is 0 Å². The van der Waals surface area contributed by atoms with Crippen LogP contribution in [0.25, 0.3) is 0 Å². The summed E-state index contributed by atoms with van der Waals surface area (Å²) in [4.78, 5) is 28.0. The molecule has 5 N–H and O–H groups in total. The Balaban J connectivity index is 1.78. The number of nitrogens with zero attached hydrogens (tertiary/aromatic N) is 2. The first-order valence-electron chi connectivity index (χ1n) is 7.68. The number of carbonyl (C=O) groups excluding carboxylic acids is 1. The lowest BCUT2D eigenvalue weighted by Crippen LogP contribution is -2.37. The molecule has 3 rings (SSSR count). The smallest absolute Gasteiger partial charge is 0.351 e. The molecule has 9 heteroatoms. The van der Waals surface area contributed by atoms with Crippen molar-refractivity contribution >= 4 is 11.7 Å². The SMILES string of the molecule is NC[C@H]1O[C@@H](n2ccc(NC(=O)c3ccccc3)nc2=O)[C@H](O)[C@@H]1O. The molecule has 4 atom stereocenters. The van der Waals surface area contributed by atoms with Crippen LogP contribution in [0.3, 0.4) is 0 Å². The predicted octanol–water partition coefficient (Wildman–Crippen LogP) is -0.927. The molecule has 132 valence electrons. The van der Waals surface area contributed by atoms with Crippen LogP contribution in [0.2, 0.25) is 0 Å². The summed E-state index contributed by atoms with van der Waals surface area (Å²) in [6, 6.07) is 9.89. The van der Waals surface area contributed by atoms with Crippen LogP contribution in [0.4, 0.5) is 5.82 Å². The molecule has 0 saturated carbocycles. The Morgan fingerprint density at radius 2 is 1.96 bits per heavy atom. The third kappa shape index (κ3) is 3.44. The molecule has 0 spiro atoms. The summed E-state index contributed by atoms with van der Waals surface area (Å²) in [5.74, 6) is -0.334. The van der Waals surface area contributed by atoms with Crippen LogP contribution < -0.4 is 16.7 Å². The predicted molar refractivity (Wildman–Crippen MR) is 87.9 cm³/mol. The quantitative estimate of drug-likeness (QED) is 0.561. The van der Waals surface area contributed by atoms with E-state index in [1.807, 2.05) is 0 Å². The number of aromatic nitrogens is 2. The minimum atomic E-state index is -1.31. The summed E-state index contributed by atoms with van der Waals surface area (Å²) in [5, 5.41) is 22.4. The monoisotopic (exact) mass is 346 g/mol. The summed E-state index contributed by atoms with van der Waals surface area (Å²) in [5.41, 5.74) is 5.14. The number of hydrogen-bond donors (Lipinski definition) is 4. The van der Waals surface area contributed by atoms with Crippen LogP contribution in [0.15, 0.2) is 47.4 Å². The Morgan fingerprint density at radius 1 is 1.24 bits per heavy atom. The number of benzene rings is 1. The fourth-order valence-corrected chi connectivity index (χ4v) is 2.61. The summed E-state index contributed by atoms with van der Waals surface area (Å²) in [6.07, 6.45) is -3.04. The normalized spacial score (nSPS) is 25.7. The van der Waals surface area contributed by atoms with Crippen molar-refractivity contribution in [3.8, 4) is 0 Å². The minimum absolute atomic E-state index is 0.00211. The number of aliphatic hydroxyl groups excluding tert-OH is 2. The highest BCUT2D eigenvalue weighted by Gasteiger charge is 2.43. The van der Waals surface area contributed by atoms with Crippen LogP contribution in [0.1, 0.15) is 16.6 Å². The molecule has 1 aromatic carbocycles. The van der Waals surface area contributed by atoms with E-state index < -0.39 is 36.1 Å². The second-order valence-corrected chi connectivity index (χ2v) is 5.60. The number of hydrogen-bond acceptors (Lipinski definition) is 7. The Morgan fingerprint density at radius 3 is 2.56 bits per heavy atom. The van der Waals surface area contributed by atoms with Gasteiger partial charge in [-0.15, -0.1) is 0 Å². The van der Waals surface area contributed by atoms with Crippen molar-refractivity contribution in [2.75, 3.05) is 11.9 Å². The summed E-state index contributed by atoms with van der Waals surface area (Å²) in [6.45, 7) is 0.00211. The number of anilines is 1. The van der Waals surface area contributed by atoms with Gasteiger partial charge in [0.1, 0.15) is 24.1 Å². The van der Waals surface area contributed by atoms with E-state index in [0.717, 1.165) is 4.57 Å². The van der Waals surface area contributed by atoms with Gasteiger partial charge in [-0.1, -0.05) is 18.2 Å². The zero-order valence-electron chi connectivity index (χ0n) is 13.1. The van der Waals surface area contributed by atoms with Crippen LogP contribution >= 0.6 is 0 Å². The maximum atomic E-state index is 12.2. The zero-order valence-corrected chi connectivity index (χ0v) is 13.1. The number of nitrogens with two attached hydrogens (primary N) is 1. The number of rotatable bonds is 4. The Bertz CT molecular complexity index is 810. The molecule has 2 heterocycles. The van der Waals surface area contributed by atoms with Gasteiger partial charge in [-0.25, -0.2) is 4.79 Å². The lowest BCUT2D eigenvalue weighted by Gasteiger charge is -2.17. The van der Waals surface area contributed by atoms with Gasteiger partial charge in [-0.05, 0) is 18.2 Å². The summed E-state index contributed by atoms with van der Waals surface area (Å²) < 4.78 is 6.45. The Hall–Kier alpha value is -2.59. The molecular weight excluding hydrogens is 328 g/mol. The van der Waals surface area contributed by atoms with E-state index in [-0.39, 0.29) is 12.4 Å². The molecule has 9 nitrogen and oxygen atoms in total. The van der Waals surface area contributed by atoms with Gasteiger partial charge >= 0.3 is 5.69 Å². The Kier molecular flexibility index (Phi) is 4.91. The van der Waals surface area contributed by atoms with E-state index in [0.29, 0.717) is 5.56 Å². The largest absolute Gasteiger partial charge is 0.387 e. The van der Waals surface area contributed by atoms with E-state index in [1.54, 1.807) is 30.3 Å². The van der Waals surface area contributed by atoms with Crippen molar-refractivity contribution in [1.82, 2.24) is 9.55 Å². The molecule has 1 aromatic heterocycles. The molecular formula is C16H18N4O5.